The molecule has 2 aliphatic rings. The van der Waals surface area contributed by atoms with Crippen LogP contribution in [0.25, 0.3) is 5.57 Å². The molecule has 0 unspecified atom stereocenters. The third-order valence-electron chi connectivity index (χ3n) is 5.98. The second kappa shape index (κ2) is 11.0. The maximum atomic E-state index is 12.4. The van der Waals surface area contributed by atoms with Crippen LogP contribution in [-0.2, 0) is 9.59 Å². The lowest BCUT2D eigenvalue weighted by atomic mass is 9.95. The minimum absolute atomic E-state index is 0.0409. The molecule has 0 spiro atoms. The predicted molar refractivity (Wildman–Crippen MR) is 137 cm³/mol. The molecule has 180 valence electrons. The van der Waals surface area contributed by atoms with Crippen molar-refractivity contribution in [1.82, 2.24) is 10.6 Å². The average Bonchev–Trinajstić information content (AvgIpc) is 3.61. The van der Waals surface area contributed by atoms with E-state index in [1.807, 2.05) is 18.2 Å². The maximum absolute atomic E-state index is 12.4. The van der Waals surface area contributed by atoms with Crippen LogP contribution in [0.15, 0.2) is 71.6 Å². The lowest BCUT2D eigenvalue weighted by Gasteiger charge is -2.20. The quantitative estimate of drug-likeness (QED) is 0.296. The molecule has 34 heavy (non-hydrogen) atoms. The summed E-state index contributed by atoms with van der Waals surface area (Å²) < 4.78 is 5.84. The average molecular weight is 463 g/mol. The number of benzene rings is 1. The highest BCUT2D eigenvalue weighted by molar-refractivity contribution is 5.98. The highest BCUT2D eigenvalue weighted by Gasteiger charge is 2.29. The molecule has 2 amide bonds. The van der Waals surface area contributed by atoms with E-state index in [9.17, 15) is 9.59 Å². The molecule has 1 fully saturated rings. The van der Waals surface area contributed by atoms with Gasteiger partial charge < -0.3 is 26.4 Å². The number of para-hydroxylation sites is 1. The van der Waals surface area contributed by atoms with Gasteiger partial charge in [0.15, 0.2) is 0 Å². The van der Waals surface area contributed by atoms with E-state index in [2.05, 4.69) is 42.1 Å². The number of allylic oxidation sites excluding steroid dienone is 4. The van der Waals surface area contributed by atoms with Gasteiger partial charge in [-0.2, -0.15) is 0 Å². The molecule has 0 heterocycles. The molecule has 3 rings (SSSR count). The Hall–Kier alpha value is -3.58. The van der Waals surface area contributed by atoms with E-state index in [4.69, 9.17) is 10.5 Å². The molecule has 7 nitrogen and oxygen atoms in total. The second-order valence-corrected chi connectivity index (χ2v) is 8.52. The fourth-order valence-electron chi connectivity index (χ4n) is 4.05. The van der Waals surface area contributed by atoms with E-state index in [-0.39, 0.29) is 23.3 Å². The number of nitrogens with two attached hydrogens (primary N) is 1. The van der Waals surface area contributed by atoms with E-state index in [0.717, 1.165) is 36.8 Å². The zero-order valence-electron chi connectivity index (χ0n) is 20.2. The Kier molecular flexibility index (Phi) is 8.12. The van der Waals surface area contributed by atoms with Gasteiger partial charge >= 0.3 is 0 Å². The number of likely N-dealkylation sites (N-methyl/N-ethyl adjacent to an activating group) is 1. The second-order valence-electron chi connectivity index (χ2n) is 8.52. The number of carbonyl (C=O) groups is 2. The number of methoxy groups -OCH3 is 1. The van der Waals surface area contributed by atoms with Gasteiger partial charge in [0.25, 0.3) is 5.91 Å². The van der Waals surface area contributed by atoms with Crippen LogP contribution in [0.5, 0.6) is 5.75 Å². The van der Waals surface area contributed by atoms with E-state index >= 15 is 0 Å². The first-order valence-electron chi connectivity index (χ1n) is 11.5. The molecule has 1 saturated carbocycles. The summed E-state index contributed by atoms with van der Waals surface area (Å²) in [5.41, 5.74) is 12.0. The van der Waals surface area contributed by atoms with Gasteiger partial charge in [-0.15, -0.1) is 0 Å². The van der Waals surface area contributed by atoms with E-state index in [1.165, 1.54) is 18.2 Å². The topological polar surface area (TPSA) is 105 Å². The number of amides is 2. The number of nitrogens with one attached hydrogen (secondary N) is 3. The van der Waals surface area contributed by atoms with Crippen molar-refractivity contribution >= 4 is 23.1 Å². The number of anilines is 1. The summed E-state index contributed by atoms with van der Waals surface area (Å²) >= 11 is 0. The molecule has 7 heteroatoms. The van der Waals surface area contributed by atoms with Crippen molar-refractivity contribution in [2.45, 2.75) is 32.6 Å². The van der Waals surface area contributed by atoms with Gasteiger partial charge in [0.2, 0.25) is 5.91 Å². The van der Waals surface area contributed by atoms with Crippen LogP contribution in [0.1, 0.15) is 38.2 Å². The van der Waals surface area contributed by atoms with Crippen molar-refractivity contribution in [3.05, 3.63) is 77.2 Å². The smallest absolute Gasteiger partial charge is 0.252 e. The van der Waals surface area contributed by atoms with Crippen LogP contribution in [0, 0.1) is 5.92 Å². The summed E-state index contributed by atoms with van der Waals surface area (Å²) in [5, 5.41) is 8.67. The normalized spacial score (nSPS) is 15.5. The highest BCUT2D eigenvalue weighted by atomic mass is 16.5. The first-order chi connectivity index (χ1) is 16.3. The molecular formula is C27H34N4O3. The monoisotopic (exact) mass is 462 g/mol. The largest absolute Gasteiger partial charge is 0.494 e. The van der Waals surface area contributed by atoms with Crippen molar-refractivity contribution in [3.8, 4) is 5.75 Å². The van der Waals surface area contributed by atoms with Crippen molar-refractivity contribution < 1.29 is 14.3 Å². The highest BCUT2D eigenvalue weighted by Crippen LogP contribution is 2.43. The SMILES string of the molecule is C=C(/C=C(/Nc1cccc(C2=C(CCN)CC=C2C)c1OC)C(=C)C(=O)NC)NC(=O)C1CC1. The molecule has 0 aromatic heterocycles. The Balaban J connectivity index is 1.99. The zero-order chi connectivity index (χ0) is 24.8. The van der Waals surface area contributed by atoms with Crippen LogP contribution in [0.3, 0.4) is 0 Å². The first-order valence-corrected chi connectivity index (χ1v) is 11.5. The van der Waals surface area contributed by atoms with E-state index in [1.54, 1.807) is 13.2 Å². The fourth-order valence-corrected chi connectivity index (χ4v) is 4.05. The molecule has 0 radical (unpaired) electrons. The molecule has 2 aliphatic carbocycles. The number of carbonyl (C=O) groups excluding carboxylic acids is 2. The van der Waals surface area contributed by atoms with Gasteiger partial charge in [0.1, 0.15) is 5.75 Å². The molecule has 1 aromatic rings. The van der Waals surface area contributed by atoms with Crippen molar-refractivity contribution in [2.75, 3.05) is 26.0 Å². The van der Waals surface area contributed by atoms with E-state index in [0.29, 0.717) is 29.4 Å². The third-order valence-corrected chi connectivity index (χ3v) is 5.98. The Morgan fingerprint density at radius 2 is 2.00 bits per heavy atom. The minimum Gasteiger partial charge on any atom is -0.494 e. The predicted octanol–water partition coefficient (Wildman–Crippen LogP) is 3.79. The molecule has 0 saturated heterocycles. The van der Waals surface area contributed by atoms with Crippen LogP contribution in [-0.4, -0.2) is 32.5 Å². The Morgan fingerprint density at radius 1 is 1.26 bits per heavy atom. The number of ether oxygens (including phenoxy) is 1. The number of rotatable bonds is 11. The van der Waals surface area contributed by atoms with Crippen molar-refractivity contribution in [1.29, 1.82) is 0 Å². The molecular weight excluding hydrogens is 428 g/mol. The molecule has 0 atom stereocenters. The van der Waals surface area contributed by atoms with Crippen LogP contribution in [0.4, 0.5) is 5.69 Å². The van der Waals surface area contributed by atoms with Crippen LogP contribution < -0.4 is 26.4 Å². The van der Waals surface area contributed by atoms with Crippen LogP contribution >= 0.6 is 0 Å². The van der Waals surface area contributed by atoms with Crippen LogP contribution in [0.2, 0.25) is 0 Å². The summed E-state index contributed by atoms with van der Waals surface area (Å²) in [5.74, 6) is 0.274. The van der Waals surface area contributed by atoms with Gasteiger partial charge in [-0.3, -0.25) is 9.59 Å². The van der Waals surface area contributed by atoms with Gasteiger partial charge in [0, 0.05) is 24.2 Å². The molecule has 0 bridgehead atoms. The zero-order valence-corrected chi connectivity index (χ0v) is 20.2. The fraction of sp³-hybridized carbons (Fsp3) is 0.333. The summed E-state index contributed by atoms with van der Waals surface area (Å²) in [6.45, 7) is 10.5. The molecule has 5 N–H and O–H groups in total. The van der Waals surface area contributed by atoms with Gasteiger partial charge in [-0.05, 0) is 62.4 Å². The van der Waals surface area contributed by atoms with E-state index < -0.39 is 0 Å². The summed E-state index contributed by atoms with van der Waals surface area (Å²) in [4.78, 5) is 24.5. The van der Waals surface area contributed by atoms with Gasteiger partial charge in [-0.25, -0.2) is 0 Å². The Labute approximate surface area is 201 Å². The standard InChI is InChI=1S/C27H34N4O3/c1-16-9-10-19(13-14-28)24(16)21-7-6-8-22(25(21)34-5)31-23(18(3)26(32)29-4)15-17(2)30-27(33)20-11-12-20/h6-9,15,20,31H,2-3,10-14,28H2,1,4-5H3,(H,29,32)(H,30,33)/b23-15+. The molecule has 0 aliphatic heterocycles. The molecule has 1 aromatic carbocycles. The minimum atomic E-state index is -0.349. The summed E-state index contributed by atoms with van der Waals surface area (Å²) in [6, 6.07) is 5.82. The first kappa shape index (κ1) is 25.1. The van der Waals surface area contributed by atoms with Crippen molar-refractivity contribution in [3.63, 3.8) is 0 Å². The third kappa shape index (κ3) is 5.66. The number of hydrogen-bond acceptors (Lipinski definition) is 5. The van der Waals surface area contributed by atoms with Gasteiger partial charge in [-0.1, -0.05) is 36.9 Å². The lowest BCUT2D eigenvalue weighted by Crippen LogP contribution is -2.25. The number of hydrogen-bond donors (Lipinski definition) is 4. The maximum Gasteiger partial charge on any atom is 0.252 e. The summed E-state index contributed by atoms with van der Waals surface area (Å²) in [7, 11) is 3.16. The summed E-state index contributed by atoms with van der Waals surface area (Å²) in [6.07, 6.45) is 7.27. The Bertz CT molecular complexity index is 1110. The van der Waals surface area contributed by atoms with Gasteiger partial charge in [0.05, 0.1) is 24.1 Å². The lowest BCUT2D eigenvalue weighted by molar-refractivity contribution is -0.121. The Morgan fingerprint density at radius 3 is 2.62 bits per heavy atom. The van der Waals surface area contributed by atoms with Crippen molar-refractivity contribution in [2.24, 2.45) is 11.7 Å².